The third-order valence-electron chi connectivity index (χ3n) is 8.92. The Balaban J connectivity index is 0.00000705. The molecular formula is C32H48NNaO11. The molecule has 0 aliphatic carbocycles. The molecule has 3 aliphatic rings. The van der Waals surface area contributed by atoms with Crippen molar-refractivity contribution in [2.75, 3.05) is 28.1 Å². The number of carbonyl (C=O) groups is 2. The fraction of sp³-hybridized carbons (Fsp3) is 0.688. The zero-order valence-corrected chi connectivity index (χ0v) is 29.7. The van der Waals surface area contributed by atoms with E-state index in [9.17, 15) is 19.8 Å². The standard InChI is InChI=1S/C32H49NO11.Na/c1-19-17-32(40-8,44-21(3)20(19)2)27(36)29(37)33-30-26-25(41-18-42-30)28(39-7)31(4,5)23(43-26)16-22(38-6)14-12-10-9-11-13-15-24(34)35;/h9,11-15,20-23,25-28,30,36H,1,10,16-18H2,2-8H3,(H,33,37)(H,34,35);/q;+1/p-1/b11-9+,14-12+,15-13+;/t20-,21-,22-,23-,25+,26+,27-,28-,30-,32-;/m1./s1. The Labute approximate surface area is 288 Å². The molecule has 13 heteroatoms. The first kappa shape index (κ1) is 39.8. The number of amides is 1. The molecule has 3 rings (SSSR count). The Hall–Kier alpha value is -1.42. The van der Waals surface area contributed by atoms with E-state index in [4.69, 9.17) is 33.2 Å². The van der Waals surface area contributed by atoms with Crippen LogP contribution in [0.3, 0.4) is 0 Å². The number of carbonyl (C=O) groups excluding carboxylic acids is 2. The second-order valence-corrected chi connectivity index (χ2v) is 12.1. The van der Waals surface area contributed by atoms with Crippen LogP contribution in [0.1, 0.15) is 47.0 Å². The van der Waals surface area contributed by atoms with Gasteiger partial charge >= 0.3 is 29.6 Å². The number of hydrogen-bond donors (Lipinski definition) is 2. The second-order valence-electron chi connectivity index (χ2n) is 12.1. The van der Waals surface area contributed by atoms with Crippen molar-refractivity contribution in [3.63, 3.8) is 0 Å². The number of allylic oxidation sites excluding steroid dienone is 4. The van der Waals surface area contributed by atoms with Crippen LogP contribution in [0.4, 0.5) is 0 Å². The Morgan fingerprint density at radius 2 is 1.87 bits per heavy atom. The monoisotopic (exact) mass is 645 g/mol. The van der Waals surface area contributed by atoms with Gasteiger partial charge in [0, 0.05) is 45.5 Å². The zero-order chi connectivity index (χ0) is 32.7. The van der Waals surface area contributed by atoms with Gasteiger partial charge < -0.3 is 53.5 Å². The molecule has 0 aromatic heterocycles. The maximum Gasteiger partial charge on any atom is 1.00 e. The molecule has 248 valence electrons. The average Bonchev–Trinajstić information content (AvgIpc) is 2.98. The number of ether oxygens (including phenoxy) is 7. The normalized spacial score (nSPS) is 34.8. The van der Waals surface area contributed by atoms with Gasteiger partial charge in [0.05, 0.1) is 30.4 Å². The third-order valence-corrected chi connectivity index (χ3v) is 8.92. The Bertz CT molecular complexity index is 1090. The molecule has 0 unspecified atom stereocenters. The predicted octanol–water partition coefficient (Wildman–Crippen LogP) is -1.47. The minimum Gasteiger partial charge on any atom is -0.545 e. The van der Waals surface area contributed by atoms with Crippen LogP contribution in [-0.4, -0.2) is 99.8 Å². The number of methoxy groups -OCH3 is 3. The van der Waals surface area contributed by atoms with Crippen molar-refractivity contribution < 1.29 is 82.5 Å². The van der Waals surface area contributed by atoms with Gasteiger partial charge in [-0.1, -0.05) is 63.3 Å². The van der Waals surface area contributed by atoms with Crippen molar-refractivity contribution in [3.8, 4) is 0 Å². The smallest absolute Gasteiger partial charge is 0.545 e. The first-order valence-corrected chi connectivity index (χ1v) is 14.8. The Morgan fingerprint density at radius 3 is 2.47 bits per heavy atom. The van der Waals surface area contributed by atoms with E-state index in [-0.39, 0.29) is 60.9 Å². The first-order chi connectivity index (χ1) is 20.8. The van der Waals surface area contributed by atoms with Gasteiger partial charge in [-0.05, 0) is 19.4 Å². The number of hydrogen-bond acceptors (Lipinski definition) is 11. The number of fused-ring (bicyclic) bond motifs is 1. The second kappa shape index (κ2) is 17.7. The van der Waals surface area contributed by atoms with Crippen LogP contribution in [0.2, 0.25) is 0 Å². The summed E-state index contributed by atoms with van der Waals surface area (Å²) in [6.07, 6.45) is 5.35. The number of aliphatic hydroxyl groups is 1. The molecule has 3 aliphatic heterocycles. The molecule has 3 saturated heterocycles. The molecule has 3 fully saturated rings. The zero-order valence-electron chi connectivity index (χ0n) is 27.7. The quantitative estimate of drug-likeness (QED) is 0.105. The van der Waals surface area contributed by atoms with Crippen LogP contribution in [0.25, 0.3) is 0 Å². The van der Waals surface area contributed by atoms with Crippen LogP contribution in [0, 0.1) is 11.3 Å². The van der Waals surface area contributed by atoms with Crippen molar-refractivity contribution in [2.24, 2.45) is 11.3 Å². The van der Waals surface area contributed by atoms with Crippen molar-refractivity contribution in [2.45, 2.75) is 102 Å². The average molecular weight is 646 g/mol. The predicted molar refractivity (Wildman–Crippen MR) is 158 cm³/mol. The fourth-order valence-electron chi connectivity index (χ4n) is 6.00. The van der Waals surface area contributed by atoms with Crippen LogP contribution in [0.5, 0.6) is 0 Å². The molecule has 0 aromatic carbocycles. The number of carboxylic acids is 1. The topological polar surface area (TPSA) is 154 Å². The summed E-state index contributed by atoms with van der Waals surface area (Å²) in [7, 11) is 4.60. The van der Waals surface area contributed by atoms with E-state index < -0.39 is 59.8 Å². The number of aliphatic carboxylic acids is 1. The van der Waals surface area contributed by atoms with Gasteiger partial charge in [0.25, 0.3) is 5.91 Å². The molecule has 1 amide bonds. The van der Waals surface area contributed by atoms with Crippen LogP contribution >= 0.6 is 0 Å². The number of rotatable bonds is 13. The molecule has 0 spiro atoms. The summed E-state index contributed by atoms with van der Waals surface area (Å²) >= 11 is 0. The Kier molecular flexibility index (Phi) is 15.6. The Morgan fingerprint density at radius 1 is 1.16 bits per heavy atom. The number of carboxylic acid groups (broad SMARTS) is 1. The maximum absolute atomic E-state index is 13.4. The third kappa shape index (κ3) is 9.57. The molecule has 0 aromatic rings. The van der Waals surface area contributed by atoms with Gasteiger partial charge in [-0.3, -0.25) is 4.79 Å². The summed E-state index contributed by atoms with van der Waals surface area (Å²) in [6.45, 7) is 11.9. The van der Waals surface area contributed by atoms with E-state index in [2.05, 4.69) is 11.9 Å². The molecule has 3 heterocycles. The van der Waals surface area contributed by atoms with Gasteiger partial charge in [0.15, 0.2) is 12.3 Å². The van der Waals surface area contributed by atoms with E-state index >= 15 is 0 Å². The molecule has 2 N–H and O–H groups in total. The molecule has 0 radical (unpaired) electrons. The molecule has 10 atom stereocenters. The van der Waals surface area contributed by atoms with Gasteiger partial charge in [-0.25, -0.2) is 0 Å². The van der Waals surface area contributed by atoms with Gasteiger partial charge in [0.2, 0.25) is 5.79 Å². The summed E-state index contributed by atoms with van der Waals surface area (Å²) in [6, 6.07) is 0. The van der Waals surface area contributed by atoms with E-state index in [0.717, 1.165) is 11.6 Å². The van der Waals surface area contributed by atoms with E-state index in [0.29, 0.717) is 12.8 Å². The summed E-state index contributed by atoms with van der Waals surface area (Å²) in [4.78, 5) is 23.9. The minimum atomic E-state index is -1.67. The van der Waals surface area contributed by atoms with Gasteiger partial charge in [-0.2, -0.15) is 0 Å². The van der Waals surface area contributed by atoms with Crippen LogP contribution in [0.15, 0.2) is 48.6 Å². The summed E-state index contributed by atoms with van der Waals surface area (Å²) < 4.78 is 41.6. The number of aliphatic hydroxyl groups excluding tert-OH is 1. The number of nitrogens with one attached hydrogen (secondary N) is 1. The minimum absolute atomic E-state index is 0. The molecule has 0 saturated carbocycles. The molecule has 12 nitrogen and oxygen atoms in total. The summed E-state index contributed by atoms with van der Waals surface area (Å²) in [5.74, 6) is -3.56. The van der Waals surface area contributed by atoms with E-state index in [1.165, 1.54) is 13.2 Å². The van der Waals surface area contributed by atoms with Crippen molar-refractivity contribution in [1.29, 1.82) is 0 Å². The van der Waals surface area contributed by atoms with Crippen molar-refractivity contribution in [1.82, 2.24) is 5.32 Å². The largest absolute Gasteiger partial charge is 1.00 e. The first-order valence-electron chi connectivity index (χ1n) is 14.8. The molecular weight excluding hydrogens is 597 g/mol. The van der Waals surface area contributed by atoms with Gasteiger partial charge in [-0.15, -0.1) is 0 Å². The molecule has 0 bridgehead atoms. The fourth-order valence-corrected chi connectivity index (χ4v) is 6.00. The van der Waals surface area contributed by atoms with Crippen LogP contribution in [-0.2, 0) is 42.7 Å². The summed E-state index contributed by atoms with van der Waals surface area (Å²) in [5, 5.41) is 24.4. The van der Waals surface area contributed by atoms with Crippen LogP contribution < -0.4 is 40.0 Å². The molecule has 45 heavy (non-hydrogen) atoms. The maximum atomic E-state index is 13.4. The SMILES string of the molecule is C=C1C[C@](OC)([C@H](O)C(=O)N[C@@H]2OCO[C@H]3[C@@H]2O[C@H](C[C@@H](/C=C/C/C=C/C=C/C(=O)[O-])OC)C(C)(C)[C@@H]3OC)O[C@H](C)[C@@H]1C.[Na+]. The van der Waals surface area contributed by atoms with E-state index in [1.807, 2.05) is 39.8 Å². The van der Waals surface area contributed by atoms with Crippen molar-refractivity contribution >= 4 is 11.9 Å². The summed E-state index contributed by atoms with van der Waals surface area (Å²) in [5.41, 5.74) is 0.291. The van der Waals surface area contributed by atoms with Gasteiger partial charge in [0.1, 0.15) is 19.0 Å². The van der Waals surface area contributed by atoms with E-state index in [1.54, 1.807) is 26.4 Å². The van der Waals surface area contributed by atoms with Crippen molar-refractivity contribution in [3.05, 3.63) is 48.6 Å².